The first-order valence-corrected chi connectivity index (χ1v) is 10.3. The van der Waals surface area contributed by atoms with Gasteiger partial charge in [0.25, 0.3) is 5.91 Å². The van der Waals surface area contributed by atoms with E-state index in [0.29, 0.717) is 12.2 Å². The lowest BCUT2D eigenvalue weighted by molar-refractivity contribution is 0.0946. The molecule has 3 rings (SSSR count). The van der Waals surface area contributed by atoms with E-state index in [4.69, 9.17) is 4.74 Å². The second-order valence-electron chi connectivity index (χ2n) is 8.55. The molecule has 0 bridgehead atoms. The molecule has 1 saturated heterocycles. The van der Waals surface area contributed by atoms with E-state index >= 15 is 0 Å². The molecule has 7 nitrogen and oxygen atoms in total. The number of carbonyl (C=O) groups excluding carboxylic acids is 1. The highest BCUT2D eigenvalue weighted by Crippen LogP contribution is 2.21. The van der Waals surface area contributed by atoms with Crippen molar-refractivity contribution in [2.45, 2.75) is 32.6 Å². The molecular weight excluding hydrogens is 366 g/mol. The van der Waals surface area contributed by atoms with Gasteiger partial charge in [0.1, 0.15) is 11.4 Å². The maximum atomic E-state index is 12.3. The Labute approximate surface area is 173 Å². The van der Waals surface area contributed by atoms with Crippen molar-refractivity contribution in [3.05, 3.63) is 41.7 Å². The van der Waals surface area contributed by atoms with Gasteiger partial charge in [-0.3, -0.25) is 14.8 Å². The van der Waals surface area contributed by atoms with Gasteiger partial charge in [0.2, 0.25) is 0 Å². The van der Waals surface area contributed by atoms with Crippen LogP contribution in [0.2, 0.25) is 0 Å². The topological polar surface area (TPSA) is 73.5 Å². The van der Waals surface area contributed by atoms with Crippen LogP contribution < -0.4 is 15.0 Å². The zero-order valence-corrected chi connectivity index (χ0v) is 18.0. The summed E-state index contributed by atoms with van der Waals surface area (Å²) in [4.78, 5) is 17.1. The largest absolute Gasteiger partial charge is 0.497 e. The van der Waals surface area contributed by atoms with Gasteiger partial charge in [0.05, 0.1) is 7.11 Å². The van der Waals surface area contributed by atoms with Crippen LogP contribution in [0.15, 0.2) is 30.3 Å². The monoisotopic (exact) mass is 399 g/mol. The Bertz CT molecular complexity index is 786. The Balaban J connectivity index is 1.35. The Kier molecular flexibility index (Phi) is 6.79. The van der Waals surface area contributed by atoms with Gasteiger partial charge >= 0.3 is 0 Å². The fourth-order valence-corrected chi connectivity index (χ4v) is 3.44. The van der Waals surface area contributed by atoms with Gasteiger partial charge in [-0.1, -0.05) is 20.8 Å². The van der Waals surface area contributed by atoms with E-state index in [1.54, 1.807) is 7.11 Å². The van der Waals surface area contributed by atoms with Gasteiger partial charge in [0, 0.05) is 49.5 Å². The zero-order chi connectivity index (χ0) is 20.9. The number of methoxy groups -OCH3 is 1. The number of piperazine rings is 1. The van der Waals surface area contributed by atoms with Gasteiger partial charge in [-0.25, -0.2) is 0 Å². The number of aromatic nitrogens is 2. The van der Waals surface area contributed by atoms with E-state index in [1.807, 2.05) is 18.2 Å². The van der Waals surface area contributed by atoms with Crippen LogP contribution in [0.1, 0.15) is 43.4 Å². The summed E-state index contributed by atoms with van der Waals surface area (Å²) in [6.07, 6.45) is 0.935. The van der Waals surface area contributed by atoms with E-state index in [-0.39, 0.29) is 11.3 Å². The van der Waals surface area contributed by atoms with Crippen LogP contribution in [0, 0.1) is 0 Å². The molecule has 0 atom stereocenters. The van der Waals surface area contributed by atoms with Gasteiger partial charge in [-0.2, -0.15) is 5.10 Å². The number of carbonyl (C=O) groups is 1. The Hall–Kier alpha value is -2.54. The number of nitrogens with zero attached hydrogens (tertiary/aromatic N) is 3. The van der Waals surface area contributed by atoms with E-state index in [1.165, 1.54) is 5.69 Å². The van der Waals surface area contributed by atoms with E-state index < -0.39 is 0 Å². The van der Waals surface area contributed by atoms with Crippen LogP contribution in [-0.4, -0.2) is 67.4 Å². The molecule has 1 fully saturated rings. The molecule has 0 aliphatic carbocycles. The van der Waals surface area contributed by atoms with Crippen LogP contribution in [0.3, 0.4) is 0 Å². The van der Waals surface area contributed by atoms with Crippen LogP contribution in [0.5, 0.6) is 5.75 Å². The highest BCUT2D eigenvalue weighted by molar-refractivity contribution is 5.92. The maximum Gasteiger partial charge on any atom is 0.271 e. The third-order valence-electron chi connectivity index (χ3n) is 5.37. The molecule has 1 amide bonds. The lowest BCUT2D eigenvalue weighted by atomic mass is 9.92. The first-order chi connectivity index (χ1) is 13.9. The summed E-state index contributed by atoms with van der Waals surface area (Å²) in [5.74, 6) is 0.778. The Morgan fingerprint density at radius 1 is 1.17 bits per heavy atom. The molecule has 1 aromatic carbocycles. The molecule has 1 aliphatic heterocycles. The number of aromatic amines is 1. The number of H-pyrrole nitrogens is 1. The molecule has 0 radical (unpaired) electrons. The molecule has 2 aromatic rings. The lowest BCUT2D eigenvalue weighted by Gasteiger charge is -2.36. The Morgan fingerprint density at radius 3 is 2.45 bits per heavy atom. The number of hydrogen-bond donors (Lipinski definition) is 2. The summed E-state index contributed by atoms with van der Waals surface area (Å²) in [7, 11) is 1.69. The van der Waals surface area contributed by atoms with Gasteiger partial charge in [-0.15, -0.1) is 0 Å². The summed E-state index contributed by atoms with van der Waals surface area (Å²) >= 11 is 0. The van der Waals surface area contributed by atoms with Gasteiger partial charge < -0.3 is 15.0 Å². The van der Waals surface area contributed by atoms with Crippen molar-refractivity contribution in [2.24, 2.45) is 0 Å². The molecule has 0 unspecified atom stereocenters. The minimum absolute atomic E-state index is 0.0422. The summed E-state index contributed by atoms with van der Waals surface area (Å²) < 4.78 is 5.23. The molecule has 2 heterocycles. The highest BCUT2D eigenvalue weighted by atomic mass is 16.5. The predicted octanol–water partition coefficient (Wildman–Crippen LogP) is 2.66. The predicted molar refractivity (Wildman–Crippen MR) is 116 cm³/mol. The Morgan fingerprint density at radius 2 is 1.86 bits per heavy atom. The molecule has 7 heteroatoms. The first-order valence-electron chi connectivity index (χ1n) is 10.3. The van der Waals surface area contributed by atoms with Crippen LogP contribution in [0.25, 0.3) is 0 Å². The first kappa shape index (κ1) is 21.2. The van der Waals surface area contributed by atoms with Crippen molar-refractivity contribution in [3.8, 4) is 5.75 Å². The minimum Gasteiger partial charge on any atom is -0.497 e. The van der Waals surface area contributed by atoms with Crippen LogP contribution in [0.4, 0.5) is 5.69 Å². The van der Waals surface area contributed by atoms with Crippen LogP contribution in [-0.2, 0) is 5.41 Å². The second kappa shape index (κ2) is 9.31. The molecule has 2 N–H and O–H groups in total. The van der Waals surface area contributed by atoms with Crippen molar-refractivity contribution >= 4 is 11.6 Å². The van der Waals surface area contributed by atoms with Crippen LogP contribution >= 0.6 is 0 Å². The minimum atomic E-state index is -0.110. The highest BCUT2D eigenvalue weighted by Gasteiger charge is 2.20. The third-order valence-corrected chi connectivity index (χ3v) is 5.37. The molecule has 1 aromatic heterocycles. The van der Waals surface area contributed by atoms with Crippen molar-refractivity contribution in [1.29, 1.82) is 0 Å². The third kappa shape index (κ3) is 5.73. The van der Waals surface area contributed by atoms with Gasteiger partial charge in [0.15, 0.2) is 0 Å². The average Bonchev–Trinajstić information content (AvgIpc) is 3.23. The van der Waals surface area contributed by atoms with E-state index in [2.05, 4.69) is 58.2 Å². The lowest BCUT2D eigenvalue weighted by Crippen LogP contribution is -2.47. The average molecular weight is 400 g/mol. The second-order valence-corrected chi connectivity index (χ2v) is 8.55. The molecular formula is C22H33N5O2. The fraction of sp³-hybridized carbons (Fsp3) is 0.545. The number of hydrogen-bond acceptors (Lipinski definition) is 5. The zero-order valence-electron chi connectivity index (χ0n) is 18.0. The normalized spacial score (nSPS) is 15.4. The van der Waals surface area contributed by atoms with Gasteiger partial charge in [-0.05, 0) is 43.3 Å². The van der Waals surface area contributed by atoms with Crippen molar-refractivity contribution < 1.29 is 9.53 Å². The quantitative estimate of drug-likeness (QED) is 0.701. The molecule has 0 spiro atoms. The number of amides is 1. The number of anilines is 1. The fourth-order valence-electron chi connectivity index (χ4n) is 3.44. The molecule has 158 valence electrons. The standard InChI is InChI=1S/C22H33N5O2/c1-22(2,3)20-16-19(24-25-20)21(28)23-10-5-11-26-12-14-27(15-13-26)17-6-8-18(29-4)9-7-17/h6-9,16H,5,10-15H2,1-4H3,(H,23,28)(H,24,25). The number of benzene rings is 1. The molecule has 29 heavy (non-hydrogen) atoms. The SMILES string of the molecule is COc1ccc(N2CCN(CCCNC(=O)c3cc(C(C)(C)C)[nH]n3)CC2)cc1. The smallest absolute Gasteiger partial charge is 0.271 e. The summed E-state index contributed by atoms with van der Waals surface area (Å²) in [5, 5.41) is 10.1. The van der Waals surface area contributed by atoms with E-state index in [9.17, 15) is 4.79 Å². The summed E-state index contributed by atoms with van der Waals surface area (Å²) in [6.45, 7) is 12.0. The van der Waals surface area contributed by atoms with Crippen molar-refractivity contribution in [3.63, 3.8) is 0 Å². The maximum absolute atomic E-state index is 12.3. The number of rotatable bonds is 7. The summed E-state index contributed by atoms with van der Waals surface area (Å²) in [5.41, 5.74) is 2.63. The molecule has 1 aliphatic rings. The number of ether oxygens (including phenoxy) is 1. The van der Waals surface area contributed by atoms with Crippen molar-refractivity contribution in [1.82, 2.24) is 20.4 Å². The van der Waals surface area contributed by atoms with Crippen molar-refractivity contribution in [2.75, 3.05) is 51.3 Å². The molecule has 0 saturated carbocycles. The summed E-state index contributed by atoms with van der Waals surface area (Å²) in [6, 6.07) is 10.1. The van der Waals surface area contributed by atoms with E-state index in [0.717, 1.165) is 50.6 Å². The number of nitrogens with one attached hydrogen (secondary N) is 2.